The summed E-state index contributed by atoms with van der Waals surface area (Å²) in [5.74, 6) is -0.707. The van der Waals surface area contributed by atoms with Crippen LogP contribution in [0.1, 0.15) is 72.1 Å². The number of alkyl halides is 1. The molecule has 5 atom stereocenters. The van der Waals surface area contributed by atoms with Gasteiger partial charge in [-0.15, -0.1) is 11.6 Å². The fourth-order valence-corrected chi connectivity index (χ4v) is 4.13. The van der Waals surface area contributed by atoms with Crippen molar-refractivity contribution in [2.45, 2.75) is 89.7 Å². The third-order valence-corrected chi connectivity index (χ3v) is 6.20. The van der Waals surface area contributed by atoms with Gasteiger partial charge in [0.25, 0.3) is 0 Å². The Balaban J connectivity index is 2.62. The first kappa shape index (κ1) is 24.2. The fraction of sp³-hybridized carbons (Fsp3) is 0.773. The highest BCUT2D eigenvalue weighted by Crippen LogP contribution is 2.40. The van der Waals surface area contributed by atoms with Gasteiger partial charge in [0.05, 0.1) is 12.2 Å². The summed E-state index contributed by atoms with van der Waals surface area (Å²) in [6.07, 6.45) is 12.8. The summed E-state index contributed by atoms with van der Waals surface area (Å²) in [5, 5.41) is 29.5. The Morgan fingerprint density at radius 2 is 2.00 bits per heavy atom. The van der Waals surface area contributed by atoms with Crippen molar-refractivity contribution in [3.63, 3.8) is 0 Å². The molecule has 0 saturated heterocycles. The zero-order valence-corrected chi connectivity index (χ0v) is 17.7. The largest absolute Gasteiger partial charge is 0.481 e. The van der Waals surface area contributed by atoms with Crippen LogP contribution >= 0.6 is 11.6 Å². The Kier molecular flexibility index (Phi) is 10.6. The minimum Gasteiger partial charge on any atom is -0.481 e. The van der Waals surface area contributed by atoms with Crippen LogP contribution in [0.2, 0.25) is 0 Å². The lowest BCUT2D eigenvalue weighted by Crippen LogP contribution is -2.28. The van der Waals surface area contributed by atoms with E-state index in [-0.39, 0.29) is 29.0 Å². The molecule has 4 nitrogen and oxygen atoms in total. The molecule has 1 aliphatic carbocycles. The van der Waals surface area contributed by atoms with Crippen LogP contribution in [0.15, 0.2) is 24.3 Å². The monoisotopic (exact) mass is 400 g/mol. The van der Waals surface area contributed by atoms with E-state index in [1.54, 1.807) is 0 Å². The van der Waals surface area contributed by atoms with E-state index in [4.69, 9.17) is 16.7 Å². The van der Waals surface area contributed by atoms with Crippen LogP contribution in [0.3, 0.4) is 0 Å². The van der Waals surface area contributed by atoms with E-state index in [0.717, 1.165) is 32.1 Å². The number of halogens is 1. The first-order valence-corrected chi connectivity index (χ1v) is 10.7. The lowest BCUT2D eigenvalue weighted by Gasteiger charge is -2.29. The summed E-state index contributed by atoms with van der Waals surface area (Å²) in [6.45, 7) is 6.29. The number of carboxylic acids is 1. The molecule has 0 aromatic carbocycles. The summed E-state index contributed by atoms with van der Waals surface area (Å²) in [4.78, 5) is 10.5. The minimum atomic E-state index is -0.770. The van der Waals surface area contributed by atoms with Crippen LogP contribution in [0.5, 0.6) is 0 Å². The van der Waals surface area contributed by atoms with E-state index in [1.165, 1.54) is 0 Å². The number of allylic oxidation sites excluding steroid dienone is 2. The highest BCUT2D eigenvalue weighted by molar-refractivity contribution is 6.21. The average Bonchev–Trinajstić information content (AvgIpc) is 2.86. The summed E-state index contributed by atoms with van der Waals surface area (Å²) >= 11 is 6.46. The van der Waals surface area contributed by atoms with E-state index in [2.05, 4.69) is 20.8 Å². The molecule has 3 unspecified atom stereocenters. The van der Waals surface area contributed by atoms with Gasteiger partial charge in [-0.25, -0.2) is 0 Å². The van der Waals surface area contributed by atoms with Gasteiger partial charge in [0, 0.05) is 17.7 Å². The van der Waals surface area contributed by atoms with Crippen molar-refractivity contribution >= 4 is 17.6 Å². The second-order valence-electron chi connectivity index (χ2n) is 8.48. The molecule has 1 aliphatic rings. The number of aliphatic hydroxyl groups excluding tert-OH is 2. The summed E-state index contributed by atoms with van der Waals surface area (Å²) in [5.41, 5.74) is -0.185. The Morgan fingerprint density at radius 1 is 1.30 bits per heavy atom. The molecule has 0 heterocycles. The Labute approximate surface area is 169 Å². The molecule has 0 aromatic rings. The minimum absolute atomic E-state index is 0.0622. The van der Waals surface area contributed by atoms with Crippen LogP contribution in [-0.2, 0) is 4.79 Å². The van der Waals surface area contributed by atoms with Crippen LogP contribution in [0, 0.1) is 17.3 Å². The SMILES string of the molecule is CCCCC(C)(C)C(O)C=C[C@H]1C(O)CC(Cl)[C@@H]1CC=CCCCC(=O)O. The van der Waals surface area contributed by atoms with Gasteiger partial charge in [-0.05, 0) is 43.4 Å². The van der Waals surface area contributed by atoms with Crippen molar-refractivity contribution in [3.05, 3.63) is 24.3 Å². The maximum atomic E-state index is 10.6. The molecule has 1 saturated carbocycles. The molecule has 0 aliphatic heterocycles. The molecule has 156 valence electrons. The van der Waals surface area contributed by atoms with Gasteiger partial charge in [-0.2, -0.15) is 0 Å². The molecule has 1 fully saturated rings. The number of hydrogen-bond donors (Lipinski definition) is 3. The molecule has 27 heavy (non-hydrogen) atoms. The number of aliphatic hydroxyl groups is 2. The molecule has 1 rings (SSSR count). The van der Waals surface area contributed by atoms with Crippen molar-refractivity contribution < 1.29 is 20.1 Å². The van der Waals surface area contributed by atoms with Crippen molar-refractivity contribution in [2.24, 2.45) is 17.3 Å². The second-order valence-corrected chi connectivity index (χ2v) is 9.04. The first-order valence-electron chi connectivity index (χ1n) is 10.2. The first-order chi connectivity index (χ1) is 12.7. The van der Waals surface area contributed by atoms with Crippen molar-refractivity contribution in [1.29, 1.82) is 0 Å². The lowest BCUT2D eigenvalue weighted by molar-refractivity contribution is -0.137. The number of aliphatic carboxylic acids is 1. The molecule has 3 N–H and O–H groups in total. The quantitative estimate of drug-likeness (QED) is 0.246. The third-order valence-electron chi connectivity index (χ3n) is 5.70. The summed E-state index contributed by atoms with van der Waals surface area (Å²) in [7, 11) is 0. The molecular formula is C22H37ClO4. The maximum absolute atomic E-state index is 10.6. The van der Waals surface area contributed by atoms with Gasteiger partial charge < -0.3 is 15.3 Å². The number of carbonyl (C=O) groups is 1. The van der Waals surface area contributed by atoms with Crippen LogP contribution in [0.4, 0.5) is 0 Å². The Morgan fingerprint density at radius 3 is 2.63 bits per heavy atom. The van der Waals surface area contributed by atoms with Gasteiger partial charge in [0.2, 0.25) is 0 Å². The predicted molar refractivity (Wildman–Crippen MR) is 111 cm³/mol. The van der Waals surface area contributed by atoms with Gasteiger partial charge in [-0.3, -0.25) is 4.79 Å². The van der Waals surface area contributed by atoms with E-state index >= 15 is 0 Å². The van der Waals surface area contributed by atoms with E-state index in [0.29, 0.717) is 12.8 Å². The number of hydrogen-bond acceptors (Lipinski definition) is 3. The molecule has 0 amide bonds. The number of rotatable bonds is 12. The van der Waals surface area contributed by atoms with E-state index < -0.39 is 18.2 Å². The topological polar surface area (TPSA) is 77.8 Å². The second kappa shape index (κ2) is 11.9. The molecule has 0 radical (unpaired) electrons. The van der Waals surface area contributed by atoms with Gasteiger partial charge in [-0.1, -0.05) is 57.9 Å². The van der Waals surface area contributed by atoms with Crippen LogP contribution in [0.25, 0.3) is 0 Å². The normalized spacial score (nSPS) is 27.6. The highest BCUT2D eigenvalue weighted by Gasteiger charge is 2.39. The third kappa shape index (κ3) is 8.37. The average molecular weight is 401 g/mol. The maximum Gasteiger partial charge on any atom is 0.303 e. The Hall–Kier alpha value is -0.840. The standard InChI is InChI=1S/C22H37ClO4/c1-4-5-14-22(2,3)20(25)13-12-17-16(18(23)15-19(17)24)10-8-6-7-9-11-21(26)27/h6,8,12-13,16-20,24-25H,4-5,7,9-11,14-15H2,1-3H3,(H,26,27)/t16-,17-,18?,19?,20?/m1/s1. The zero-order valence-electron chi connectivity index (χ0n) is 17.0. The van der Waals surface area contributed by atoms with E-state index in [1.807, 2.05) is 24.3 Å². The van der Waals surface area contributed by atoms with Gasteiger partial charge in [0.15, 0.2) is 0 Å². The lowest BCUT2D eigenvalue weighted by atomic mass is 9.80. The molecule has 5 heteroatoms. The van der Waals surface area contributed by atoms with Crippen molar-refractivity contribution in [3.8, 4) is 0 Å². The predicted octanol–water partition coefficient (Wildman–Crippen LogP) is 4.93. The van der Waals surface area contributed by atoms with Crippen LogP contribution in [-0.4, -0.2) is 38.9 Å². The molecule has 0 aromatic heterocycles. The smallest absolute Gasteiger partial charge is 0.303 e. The van der Waals surface area contributed by atoms with Crippen molar-refractivity contribution in [1.82, 2.24) is 0 Å². The number of carboxylic acid groups (broad SMARTS) is 1. The van der Waals surface area contributed by atoms with Crippen molar-refractivity contribution in [2.75, 3.05) is 0 Å². The summed E-state index contributed by atoms with van der Waals surface area (Å²) < 4.78 is 0. The molecule has 0 spiro atoms. The Bertz CT molecular complexity index is 501. The van der Waals surface area contributed by atoms with Crippen LogP contribution < -0.4 is 0 Å². The summed E-state index contributed by atoms with van der Waals surface area (Å²) in [6, 6.07) is 0. The zero-order chi connectivity index (χ0) is 20.4. The molecular weight excluding hydrogens is 364 g/mol. The van der Waals surface area contributed by atoms with Gasteiger partial charge in [0.1, 0.15) is 0 Å². The highest BCUT2D eigenvalue weighted by atomic mass is 35.5. The fourth-order valence-electron chi connectivity index (χ4n) is 3.68. The van der Waals surface area contributed by atoms with Gasteiger partial charge >= 0.3 is 5.97 Å². The van der Waals surface area contributed by atoms with E-state index in [9.17, 15) is 15.0 Å². The number of unbranched alkanes of at least 4 members (excludes halogenated alkanes) is 2. The molecule has 0 bridgehead atoms.